The van der Waals surface area contributed by atoms with Crippen molar-refractivity contribution in [2.24, 2.45) is 11.8 Å². The molecular formula is C14H22N2OS. The first-order valence-corrected chi connectivity index (χ1v) is 7.52. The lowest BCUT2D eigenvalue weighted by Gasteiger charge is -2.26. The summed E-state index contributed by atoms with van der Waals surface area (Å²) in [5.74, 6) is 1.48. The van der Waals surface area contributed by atoms with Crippen molar-refractivity contribution in [3.8, 4) is 0 Å². The molecule has 2 atom stereocenters. The van der Waals surface area contributed by atoms with Crippen molar-refractivity contribution in [3.05, 3.63) is 15.8 Å². The maximum absolute atomic E-state index is 12.0. The summed E-state index contributed by atoms with van der Waals surface area (Å²) < 4.78 is 0. The number of carbonyl (C=O) groups is 1. The van der Waals surface area contributed by atoms with Gasteiger partial charge in [0, 0.05) is 17.1 Å². The number of amides is 1. The van der Waals surface area contributed by atoms with Gasteiger partial charge in [0.15, 0.2) is 0 Å². The van der Waals surface area contributed by atoms with E-state index in [9.17, 15) is 4.79 Å². The second-order valence-electron chi connectivity index (χ2n) is 5.47. The van der Waals surface area contributed by atoms with Crippen LogP contribution in [0.15, 0.2) is 6.07 Å². The molecule has 2 unspecified atom stereocenters. The van der Waals surface area contributed by atoms with Crippen molar-refractivity contribution < 1.29 is 4.79 Å². The highest BCUT2D eigenvalue weighted by molar-refractivity contribution is 7.14. The van der Waals surface area contributed by atoms with Crippen LogP contribution in [0.3, 0.4) is 0 Å². The minimum Gasteiger partial charge on any atom is -0.398 e. The summed E-state index contributed by atoms with van der Waals surface area (Å²) in [7, 11) is 0. The normalized spacial score (nSPS) is 23.9. The maximum Gasteiger partial charge on any atom is 0.261 e. The van der Waals surface area contributed by atoms with Crippen LogP contribution in [0.2, 0.25) is 0 Å². The molecule has 1 amide bonds. The Bertz CT molecular complexity index is 408. The van der Waals surface area contributed by atoms with Crippen molar-refractivity contribution in [2.45, 2.75) is 39.5 Å². The van der Waals surface area contributed by atoms with Crippen LogP contribution in [0, 0.1) is 18.8 Å². The number of rotatable bonds is 3. The Morgan fingerprint density at radius 2 is 2.33 bits per heavy atom. The summed E-state index contributed by atoms with van der Waals surface area (Å²) in [5, 5.41) is 3.05. The van der Waals surface area contributed by atoms with Gasteiger partial charge in [-0.15, -0.1) is 11.3 Å². The first-order valence-electron chi connectivity index (χ1n) is 6.70. The molecule has 1 aromatic rings. The lowest BCUT2D eigenvalue weighted by atomic mass is 9.82. The number of hydrogen-bond acceptors (Lipinski definition) is 3. The zero-order chi connectivity index (χ0) is 13.1. The molecule has 0 aromatic carbocycles. The summed E-state index contributed by atoms with van der Waals surface area (Å²) in [6.07, 6.45) is 5.12. The van der Waals surface area contributed by atoms with Gasteiger partial charge in [0.05, 0.1) is 4.88 Å². The molecule has 0 aliphatic heterocycles. The van der Waals surface area contributed by atoms with E-state index in [4.69, 9.17) is 5.73 Å². The average Bonchev–Trinajstić information content (AvgIpc) is 2.67. The molecule has 2 rings (SSSR count). The van der Waals surface area contributed by atoms with E-state index < -0.39 is 0 Å². The minimum absolute atomic E-state index is 0.0260. The Kier molecular flexibility index (Phi) is 4.27. The monoisotopic (exact) mass is 266 g/mol. The predicted octanol–water partition coefficient (Wildman–Crippen LogP) is 3.19. The number of nitrogen functional groups attached to an aromatic ring is 1. The summed E-state index contributed by atoms with van der Waals surface area (Å²) in [6.45, 7) is 5.05. The van der Waals surface area contributed by atoms with Crippen LogP contribution in [0.25, 0.3) is 0 Å². The quantitative estimate of drug-likeness (QED) is 0.882. The van der Waals surface area contributed by atoms with E-state index in [1.807, 2.05) is 6.92 Å². The SMILES string of the molecule is Cc1sc(C(=O)NCC2CCCC(C)C2)cc1N. The first-order chi connectivity index (χ1) is 8.56. The molecule has 1 aromatic heterocycles. The molecule has 0 saturated heterocycles. The molecule has 1 fully saturated rings. The molecule has 100 valence electrons. The highest BCUT2D eigenvalue weighted by Crippen LogP contribution is 2.28. The van der Waals surface area contributed by atoms with E-state index in [0.717, 1.165) is 27.9 Å². The van der Waals surface area contributed by atoms with Crippen molar-refractivity contribution in [3.63, 3.8) is 0 Å². The van der Waals surface area contributed by atoms with Gasteiger partial charge in [0.1, 0.15) is 0 Å². The number of nitrogens with two attached hydrogens (primary N) is 1. The fraction of sp³-hybridized carbons (Fsp3) is 0.643. The zero-order valence-electron chi connectivity index (χ0n) is 11.2. The van der Waals surface area contributed by atoms with Gasteiger partial charge in [-0.05, 0) is 37.7 Å². The van der Waals surface area contributed by atoms with Gasteiger partial charge in [-0.3, -0.25) is 4.79 Å². The van der Waals surface area contributed by atoms with E-state index in [2.05, 4.69) is 12.2 Å². The lowest BCUT2D eigenvalue weighted by Crippen LogP contribution is -2.31. The lowest BCUT2D eigenvalue weighted by molar-refractivity contribution is 0.0945. The highest BCUT2D eigenvalue weighted by Gasteiger charge is 2.20. The van der Waals surface area contributed by atoms with Gasteiger partial charge >= 0.3 is 0 Å². The van der Waals surface area contributed by atoms with Crippen molar-refractivity contribution in [1.82, 2.24) is 5.32 Å². The number of thiophene rings is 1. The molecule has 0 radical (unpaired) electrons. The van der Waals surface area contributed by atoms with Crippen LogP contribution in [0.5, 0.6) is 0 Å². The topological polar surface area (TPSA) is 55.1 Å². The molecule has 0 spiro atoms. The molecule has 4 heteroatoms. The fourth-order valence-electron chi connectivity index (χ4n) is 2.68. The number of nitrogens with one attached hydrogen (secondary N) is 1. The smallest absolute Gasteiger partial charge is 0.261 e. The Labute approximate surface area is 113 Å². The van der Waals surface area contributed by atoms with Crippen molar-refractivity contribution in [2.75, 3.05) is 12.3 Å². The third-order valence-corrected chi connectivity index (χ3v) is 4.84. The Hall–Kier alpha value is -1.03. The molecule has 3 N–H and O–H groups in total. The molecule has 1 saturated carbocycles. The van der Waals surface area contributed by atoms with E-state index in [0.29, 0.717) is 5.92 Å². The fourth-order valence-corrected chi connectivity index (χ4v) is 3.53. The molecular weight excluding hydrogens is 244 g/mol. The van der Waals surface area contributed by atoms with Gasteiger partial charge in [-0.1, -0.05) is 19.8 Å². The minimum atomic E-state index is 0.0260. The van der Waals surface area contributed by atoms with E-state index in [-0.39, 0.29) is 5.91 Å². The number of aryl methyl sites for hydroxylation is 1. The number of anilines is 1. The second-order valence-corrected chi connectivity index (χ2v) is 6.73. The molecule has 18 heavy (non-hydrogen) atoms. The van der Waals surface area contributed by atoms with Gasteiger partial charge in [0.2, 0.25) is 0 Å². The van der Waals surface area contributed by atoms with E-state index >= 15 is 0 Å². The third-order valence-electron chi connectivity index (χ3n) is 3.78. The summed E-state index contributed by atoms with van der Waals surface area (Å²) in [5.41, 5.74) is 6.48. The van der Waals surface area contributed by atoms with Crippen LogP contribution < -0.4 is 11.1 Å². The molecule has 0 bridgehead atoms. The summed E-state index contributed by atoms with van der Waals surface area (Å²) in [4.78, 5) is 13.7. The van der Waals surface area contributed by atoms with Gasteiger partial charge in [-0.2, -0.15) is 0 Å². The third kappa shape index (κ3) is 3.25. The van der Waals surface area contributed by atoms with Gasteiger partial charge in [-0.25, -0.2) is 0 Å². The van der Waals surface area contributed by atoms with Gasteiger partial charge < -0.3 is 11.1 Å². The summed E-state index contributed by atoms with van der Waals surface area (Å²) in [6, 6.07) is 1.78. The van der Waals surface area contributed by atoms with E-state index in [1.54, 1.807) is 6.07 Å². The van der Waals surface area contributed by atoms with Crippen LogP contribution in [-0.4, -0.2) is 12.5 Å². The molecule has 1 heterocycles. The van der Waals surface area contributed by atoms with Crippen LogP contribution in [0.1, 0.15) is 47.2 Å². The Balaban J connectivity index is 1.84. The van der Waals surface area contributed by atoms with Crippen LogP contribution in [0.4, 0.5) is 5.69 Å². The number of carbonyl (C=O) groups excluding carboxylic acids is 1. The largest absolute Gasteiger partial charge is 0.398 e. The first kappa shape index (κ1) is 13.4. The second kappa shape index (κ2) is 5.74. The standard InChI is InChI=1S/C14H22N2OS/c1-9-4-3-5-11(6-9)8-16-14(17)13-7-12(15)10(2)18-13/h7,9,11H,3-6,8,15H2,1-2H3,(H,16,17). The summed E-state index contributed by atoms with van der Waals surface area (Å²) >= 11 is 1.47. The van der Waals surface area contributed by atoms with Gasteiger partial charge in [0.25, 0.3) is 5.91 Å². The number of hydrogen-bond donors (Lipinski definition) is 2. The van der Waals surface area contributed by atoms with E-state index in [1.165, 1.54) is 37.0 Å². The van der Waals surface area contributed by atoms with Crippen LogP contribution >= 0.6 is 11.3 Å². The maximum atomic E-state index is 12.0. The zero-order valence-corrected chi connectivity index (χ0v) is 12.0. The Morgan fingerprint density at radius 1 is 1.56 bits per heavy atom. The molecule has 1 aliphatic rings. The van der Waals surface area contributed by atoms with Crippen LogP contribution in [-0.2, 0) is 0 Å². The molecule has 1 aliphatic carbocycles. The van der Waals surface area contributed by atoms with Crippen molar-refractivity contribution in [1.29, 1.82) is 0 Å². The van der Waals surface area contributed by atoms with Crippen molar-refractivity contribution >= 4 is 22.9 Å². The highest BCUT2D eigenvalue weighted by atomic mass is 32.1. The Morgan fingerprint density at radius 3 is 2.94 bits per heavy atom. The molecule has 3 nitrogen and oxygen atoms in total. The average molecular weight is 266 g/mol. The predicted molar refractivity (Wildman–Crippen MR) is 76.9 cm³/mol.